The van der Waals surface area contributed by atoms with Crippen molar-refractivity contribution in [1.29, 1.82) is 0 Å². The molecule has 0 heterocycles. The number of hydrogen-bond donors (Lipinski definition) is 1. The highest BCUT2D eigenvalue weighted by Gasteiger charge is 2.33. The summed E-state index contributed by atoms with van der Waals surface area (Å²) in [5, 5.41) is 10.5. The number of rotatable bonds is 5. The maximum atomic E-state index is 10.5. The average molecular weight is 212 g/mol. The predicted octanol–water partition coefficient (Wildman–Crippen LogP) is 4.14. The van der Waals surface area contributed by atoms with Crippen LogP contribution >= 0.6 is 0 Å². The molecule has 1 fully saturated rings. The Balaban J connectivity index is 2.33. The second kappa shape index (κ2) is 5.89. The van der Waals surface area contributed by atoms with Crippen molar-refractivity contribution in [2.24, 2.45) is 11.8 Å². The van der Waals surface area contributed by atoms with Crippen LogP contribution in [0.3, 0.4) is 0 Å². The van der Waals surface area contributed by atoms with Crippen LogP contribution < -0.4 is 0 Å². The van der Waals surface area contributed by atoms with E-state index in [1.165, 1.54) is 32.1 Å². The first-order valence-electron chi connectivity index (χ1n) is 6.82. The van der Waals surface area contributed by atoms with Crippen LogP contribution in [0, 0.1) is 11.8 Å². The number of aliphatic hydroxyl groups is 1. The average Bonchev–Trinajstić information content (AvgIpc) is 2.22. The van der Waals surface area contributed by atoms with Gasteiger partial charge in [-0.05, 0) is 43.9 Å². The summed E-state index contributed by atoms with van der Waals surface area (Å²) in [5.41, 5.74) is -0.320. The van der Waals surface area contributed by atoms with Crippen LogP contribution in [0.2, 0.25) is 0 Å². The standard InChI is InChI=1S/C14H28O/c1-4-6-13-7-9-14(15,10-8-13)11-12(3)5-2/h12-13,15H,4-11H2,1-3H3. The van der Waals surface area contributed by atoms with E-state index in [0.717, 1.165) is 25.2 Å². The molecule has 1 aliphatic rings. The van der Waals surface area contributed by atoms with Gasteiger partial charge in [-0.2, -0.15) is 0 Å². The molecule has 1 nitrogen and oxygen atoms in total. The van der Waals surface area contributed by atoms with E-state index in [2.05, 4.69) is 20.8 Å². The molecule has 1 rings (SSSR count). The SMILES string of the molecule is CCCC1CCC(O)(CC(C)CC)CC1. The number of hydrogen-bond acceptors (Lipinski definition) is 1. The van der Waals surface area contributed by atoms with Gasteiger partial charge in [-0.1, -0.05) is 40.0 Å². The Morgan fingerprint density at radius 1 is 1.27 bits per heavy atom. The normalized spacial score (nSPS) is 34.0. The first kappa shape index (κ1) is 13.0. The zero-order valence-electron chi connectivity index (χ0n) is 10.8. The third-order valence-corrected chi connectivity index (χ3v) is 4.16. The molecule has 0 aromatic carbocycles. The van der Waals surface area contributed by atoms with Gasteiger partial charge in [-0.3, -0.25) is 0 Å². The summed E-state index contributed by atoms with van der Waals surface area (Å²) >= 11 is 0. The summed E-state index contributed by atoms with van der Waals surface area (Å²) in [7, 11) is 0. The molecule has 1 saturated carbocycles. The highest BCUT2D eigenvalue weighted by molar-refractivity contribution is 4.86. The summed E-state index contributed by atoms with van der Waals surface area (Å²) in [4.78, 5) is 0. The quantitative estimate of drug-likeness (QED) is 0.726. The minimum Gasteiger partial charge on any atom is -0.390 e. The molecule has 1 heteroatoms. The lowest BCUT2D eigenvalue weighted by molar-refractivity contribution is -0.0287. The summed E-state index contributed by atoms with van der Waals surface area (Å²) in [6.45, 7) is 6.74. The fraction of sp³-hybridized carbons (Fsp3) is 1.00. The van der Waals surface area contributed by atoms with Crippen LogP contribution in [0.25, 0.3) is 0 Å². The fourth-order valence-electron chi connectivity index (χ4n) is 2.91. The Bertz CT molecular complexity index is 168. The first-order chi connectivity index (χ1) is 7.09. The minimum atomic E-state index is -0.320. The van der Waals surface area contributed by atoms with Crippen molar-refractivity contribution >= 4 is 0 Å². The van der Waals surface area contributed by atoms with Crippen LogP contribution in [0.1, 0.15) is 72.1 Å². The highest BCUT2D eigenvalue weighted by Crippen LogP contribution is 2.38. The van der Waals surface area contributed by atoms with Gasteiger partial charge < -0.3 is 5.11 Å². The molecule has 1 N–H and O–H groups in total. The van der Waals surface area contributed by atoms with Crippen molar-refractivity contribution in [2.75, 3.05) is 0 Å². The molecule has 1 aliphatic carbocycles. The van der Waals surface area contributed by atoms with E-state index in [-0.39, 0.29) is 5.60 Å². The lowest BCUT2D eigenvalue weighted by Crippen LogP contribution is -2.35. The van der Waals surface area contributed by atoms with Crippen LogP contribution in [-0.4, -0.2) is 10.7 Å². The smallest absolute Gasteiger partial charge is 0.0650 e. The molecule has 0 aromatic rings. The Labute approximate surface area is 95.3 Å². The zero-order chi connectivity index (χ0) is 11.3. The molecule has 1 atom stereocenters. The van der Waals surface area contributed by atoms with E-state index in [1.807, 2.05) is 0 Å². The third kappa shape index (κ3) is 4.14. The van der Waals surface area contributed by atoms with Crippen molar-refractivity contribution in [3.63, 3.8) is 0 Å². The van der Waals surface area contributed by atoms with Crippen LogP contribution in [0.5, 0.6) is 0 Å². The largest absolute Gasteiger partial charge is 0.390 e. The van der Waals surface area contributed by atoms with E-state index < -0.39 is 0 Å². The van der Waals surface area contributed by atoms with Gasteiger partial charge in [0.25, 0.3) is 0 Å². The monoisotopic (exact) mass is 212 g/mol. The lowest BCUT2D eigenvalue weighted by atomic mass is 9.73. The molecule has 0 spiro atoms. The van der Waals surface area contributed by atoms with Crippen molar-refractivity contribution in [3.05, 3.63) is 0 Å². The molecule has 90 valence electrons. The van der Waals surface area contributed by atoms with E-state index in [0.29, 0.717) is 5.92 Å². The molecule has 0 amide bonds. The van der Waals surface area contributed by atoms with Crippen molar-refractivity contribution in [1.82, 2.24) is 0 Å². The van der Waals surface area contributed by atoms with Gasteiger partial charge in [0.15, 0.2) is 0 Å². The summed E-state index contributed by atoms with van der Waals surface area (Å²) < 4.78 is 0. The zero-order valence-corrected chi connectivity index (χ0v) is 10.8. The molecule has 15 heavy (non-hydrogen) atoms. The maximum Gasteiger partial charge on any atom is 0.0650 e. The molecule has 1 unspecified atom stereocenters. The first-order valence-corrected chi connectivity index (χ1v) is 6.82. The highest BCUT2D eigenvalue weighted by atomic mass is 16.3. The minimum absolute atomic E-state index is 0.320. The third-order valence-electron chi connectivity index (χ3n) is 4.16. The molecule has 0 saturated heterocycles. The van der Waals surface area contributed by atoms with Gasteiger partial charge in [0.1, 0.15) is 0 Å². The Hall–Kier alpha value is -0.0400. The topological polar surface area (TPSA) is 20.2 Å². The van der Waals surface area contributed by atoms with Crippen LogP contribution in [0.4, 0.5) is 0 Å². The summed E-state index contributed by atoms with van der Waals surface area (Å²) in [6.07, 6.45) is 9.46. The van der Waals surface area contributed by atoms with Crippen molar-refractivity contribution in [3.8, 4) is 0 Å². The van der Waals surface area contributed by atoms with Gasteiger partial charge in [0.05, 0.1) is 5.60 Å². The van der Waals surface area contributed by atoms with E-state index in [1.54, 1.807) is 0 Å². The Kier molecular flexibility index (Phi) is 5.11. The Morgan fingerprint density at radius 3 is 2.33 bits per heavy atom. The summed E-state index contributed by atoms with van der Waals surface area (Å²) in [5.74, 6) is 1.57. The van der Waals surface area contributed by atoms with E-state index in [4.69, 9.17) is 0 Å². The predicted molar refractivity (Wildman–Crippen MR) is 65.9 cm³/mol. The second-order valence-electron chi connectivity index (χ2n) is 5.67. The Morgan fingerprint density at radius 2 is 1.87 bits per heavy atom. The molecular formula is C14H28O. The fourth-order valence-corrected chi connectivity index (χ4v) is 2.91. The molecule has 0 aromatic heterocycles. The second-order valence-corrected chi connectivity index (χ2v) is 5.67. The van der Waals surface area contributed by atoms with Crippen LogP contribution in [-0.2, 0) is 0 Å². The molecule has 0 bridgehead atoms. The van der Waals surface area contributed by atoms with Gasteiger partial charge in [-0.15, -0.1) is 0 Å². The van der Waals surface area contributed by atoms with E-state index >= 15 is 0 Å². The van der Waals surface area contributed by atoms with Crippen molar-refractivity contribution in [2.45, 2.75) is 77.7 Å². The summed E-state index contributed by atoms with van der Waals surface area (Å²) in [6, 6.07) is 0. The van der Waals surface area contributed by atoms with Gasteiger partial charge in [-0.25, -0.2) is 0 Å². The van der Waals surface area contributed by atoms with Gasteiger partial charge in [0, 0.05) is 0 Å². The lowest BCUT2D eigenvalue weighted by Gasteiger charge is -2.37. The maximum absolute atomic E-state index is 10.5. The van der Waals surface area contributed by atoms with Gasteiger partial charge in [0.2, 0.25) is 0 Å². The van der Waals surface area contributed by atoms with Crippen molar-refractivity contribution < 1.29 is 5.11 Å². The van der Waals surface area contributed by atoms with Gasteiger partial charge >= 0.3 is 0 Å². The van der Waals surface area contributed by atoms with Crippen LogP contribution in [0.15, 0.2) is 0 Å². The van der Waals surface area contributed by atoms with E-state index in [9.17, 15) is 5.11 Å². The molecular weight excluding hydrogens is 184 g/mol. The molecule has 0 aliphatic heterocycles. The molecule has 0 radical (unpaired) electrons.